The summed E-state index contributed by atoms with van der Waals surface area (Å²) in [7, 11) is -2.50. The Morgan fingerprint density at radius 2 is 2.08 bits per heavy atom. The van der Waals surface area contributed by atoms with Crippen LogP contribution in [0.3, 0.4) is 0 Å². The van der Waals surface area contributed by atoms with Crippen molar-refractivity contribution in [1.82, 2.24) is 0 Å². The summed E-state index contributed by atoms with van der Waals surface area (Å²) in [5, 5.41) is 9.66. The maximum atomic E-state index is 11.5. The van der Waals surface area contributed by atoms with E-state index in [1.54, 1.807) is 36.8 Å². The van der Waals surface area contributed by atoms with Crippen LogP contribution in [-0.4, -0.2) is 21.8 Å². The lowest BCUT2D eigenvalue weighted by atomic mass is 10.2. The number of nitrogens with two attached hydrogens (primary N) is 1. The Kier molecular flexibility index (Phi) is 2.73. The number of hydrogen-bond acceptors (Lipinski definition) is 3. The molecule has 3 nitrogen and oxygen atoms in total. The van der Waals surface area contributed by atoms with Gasteiger partial charge in [-0.3, -0.25) is 4.21 Å². The van der Waals surface area contributed by atoms with Gasteiger partial charge >= 0.3 is 0 Å². The van der Waals surface area contributed by atoms with Crippen LogP contribution in [0.2, 0.25) is 0 Å². The van der Waals surface area contributed by atoms with Crippen molar-refractivity contribution in [3.63, 3.8) is 0 Å². The fourth-order valence-corrected chi connectivity index (χ4v) is 1.96. The molecule has 0 aliphatic heterocycles. The summed E-state index contributed by atoms with van der Waals surface area (Å²) in [6, 6.07) is 6.83. The summed E-state index contributed by atoms with van der Waals surface area (Å²) in [5.74, 6) is 0. The Bertz CT molecular complexity index is 345. The van der Waals surface area contributed by atoms with Crippen LogP contribution in [0.4, 0.5) is 5.69 Å². The molecule has 0 spiro atoms. The summed E-state index contributed by atoms with van der Waals surface area (Å²) >= 11 is 0. The van der Waals surface area contributed by atoms with Gasteiger partial charge in [0.15, 0.2) is 0 Å². The summed E-state index contributed by atoms with van der Waals surface area (Å²) in [4.78, 5) is 0. The van der Waals surface area contributed by atoms with Crippen molar-refractivity contribution in [2.75, 3.05) is 18.2 Å². The van der Waals surface area contributed by atoms with E-state index in [2.05, 4.69) is 0 Å². The highest BCUT2D eigenvalue weighted by atomic mass is 32.2. The molecule has 3 N–H and O–H groups in total. The van der Waals surface area contributed by atoms with Gasteiger partial charge in [-0.1, -0.05) is 22.1 Å². The van der Waals surface area contributed by atoms with Crippen molar-refractivity contribution in [2.24, 2.45) is 0 Å². The van der Waals surface area contributed by atoms with Gasteiger partial charge in [-0.05, 0) is 30.2 Å². The quantitative estimate of drug-likeness (QED) is 0.483. The third-order valence-corrected chi connectivity index (χ3v) is 3.27. The van der Waals surface area contributed by atoms with Crippen molar-refractivity contribution in [3.05, 3.63) is 29.8 Å². The van der Waals surface area contributed by atoms with E-state index in [9.17, 15) is 9.32 Å². The number of aliphatic hydroxyl groups is 1. The van der Waals surface area contributed by atoms with Gasteiger partial charge < -0.3 is 10.8 Å². The minimum Gasteiger partial charge on any atom is -0.399 e. The van der Waals surface area contributed by atoms with Gasteiger partial charge in [-0.2, -0.15) is 0 Å². The zero-order valence-electron chi connectivity index (χ0n) is 7.77. The molecule has 13 heavy (non-hydrogen) atoms. The van der Waals surface area contributed by atoms with E-state index in [4.69, 9.17) is 5.73 Å². The summed E-state index contributed by atoms with van der Waals surface area (Å²) in [6.45, 7) is 0. The van der Waals surface area contributed by atoms with Gasteiger partial charge in [-0.15, -0.1) is 0 Å². The first-order valence-electron chi connectivity index (χ1n) is 3.99. The maximum absolute atomic E-state index is 11.5. The molecule has 74 valence electrons. The lowest BCUT2D eigenvalue weighted by molar-refractivity contribution is 0.261. The fraction of sp³-hybridized carbons (Fsp3) is 0.333. The molecule has 0 amide bonds. The van der Waals surface area contributed by atoms with Gasteiger partial charge in [0.25, 0.3) is 0 Å². The highest BCUT2D eigenvalue weighted by molar-refractivity contribution is 8.01. The second kappa shape index (κ2) is 3.47. The molecular weight excluding hydrogens is 186 g/mol. The predicted octanol–water partition coefficient (Wildman–Crippen LogP) is 0.536. The van der Waals surface area contributed by atoms with Crippen LogP contribution in [-0.2, 0) is 9.93 Å². The third-order valence-electron chi connectivity index (χ3n) is 1.80. The Balaban J connectivity index is 3.02. The molecule has 1 aromatic carbocycles. The van der Waals surface area contributed by atoms with Crippen LogP contribution in [0.1, 0.15) is 11.0 Å². The minimum atomic E-state index is -2.50. The average molecular weight is 201 g/mol. The Hall–Kier alpha value is -0.870. The zero-order chi connectivity index (χ0) is 10.1. The monoisotopic (exact) mass is 201 g/mol. The summed E-state index contributed by atoms with van der Waals surface area (Å²) < 4.78 is 11.5. The lowest BCUT2D eigenvalue weighted by Crippen LogP contribution is -2.17. The average Bonchev–Trinajstić information content (AvgIpc) is 2.01. The molecule has 1 rings (SSSR count). The highest BCUT2D eigenvalue weighted by Crippen LogP contribution is 2.23. The van der Waals surface area contributed by atoms with E-state index in [1.807, 2.05) is 0 Å². The van der Waals surface area contributed by atoms with Crippen LogP contribution in [0, 0.1) is 0 Å². The molecule has 0 radical (unpaired) electrons. The van der Waals surface area contributed by atoms with Crippen molar-refractivity contribution in [1.29, 1.82) is 0 Å². The molecule has 1 unspecified atom stereocenters. The minimum absolute atomic E-state index is 0.574. The Morgan fingerprint density at radius 1 is 1.46 bits per heavy atom. The summed E-state index contributed by atoms with van der Waals surface area (Å²) in [5.41, 5.74) is 5.83. The normalized spacial score (nSPS) is 15.3. The molecule has 0 saturated heterocycles. The van der Waals surface area contributed by atoms with Gasteiger partial charge in [0, 0.05) is 5.69 Å². The van der Waals surface area contributed by atoms with E-state index in [0.29, 0.717) is 11.3 Å². The first-order valence-corrected chi connectivity index (χ1v) is 6.66. The number of aliphatic hydroxyl groups excluding tert-OH is 1. The molecular formula is C9H15NO2S. The SMILES string of the molecule is C[SH](C)(=O)C(O)c1cccc(N)c1. The Morgan fingerprint density at radius 3 is 2.54 bits per heavy atom. The first kappa shape index (κ1) is 10.2. The smallest absolute Gasteiger partial charge is 0.132 e. The lowest BCUT2D eigenvalue weighted by Gasteiger charge is -2.20. The number of benzene rings is 1. The van der Waals surface area contributed by atoms with Crippen LogP contribution in [0.15, 0.2) is 24.3 Å². The molecule has 0 aliphatic carbocycles. The topological polar surface area (TPSA) is 63.3 Å². The van der Waals surface area contributed by atoms with Gasteiger partial charge in [0.1, 0.15) is 5.44 Å². The summed E-state index contributed by atoms with van der Waals surface area (Å²) in [6.07, 6.45) is 3.11. The molecule has 1 aromatic rings. The van der Waals surface area contributed by atoms with Crippen molar-refractivity contribution in [2.45, 2.75) is 5.44 Å². The van der Waals surface area contributed by atoms with Gasteiger partial charge in [0.05, 0.1) is 0 Å². The number of anilines is 1. The molecule has 0 saturated carbocycles. The Labute approximate surface area is 79.0 Å². The second-order valence-corrected chi connectivity index (χ2v) is 6.84. The zero-order valence-corrected chi connectivity index (χ0v) is 8.66. The third kappa shape index (κ3) is 2.54. The van der Waals surface area contributed by atoms with Crippen molar-refractivity contribution < 1.29 is 9.32 Å². The number of thiol groups is 1. The number of hydrogen-bond donors (Lipinski definition) is 3. The van der Waals surface area contributed by atoms with Crippen molar-refractivity contribution in [3.8, 4) is 0 Å². The fourth-order valence-electron chi connectivity index (χ4n) is 1.08. The van der Waals surface area contributed by atoms with Crippen LogP contribution < -0.4 is 5.73 Å². The van der Waals surface area contributed by atoms with Gasteiger partial charge in [-0.25, -0.2) is 0 Å². The van der Waals surface area contributed by atoms with Crippen LogP contribution in [0.5, 0.6) is 0 Å². The van der Waals surface area contributed by atoms with E-state index >= 15 is 0 Å². The predicted molar refractivity (Wildman–Crippen MR) is 57.2 cm³/mol. The first-order chi connectivity index (χ1) is 5.91. The van der Waals surface area contributed by atoms with Crippen LogP contribution in [0.25, 0.3) is 0 Å². The van der Waals surface area contributed by atoms with Crippen LogP contribution >= 0.6 is 0 Å². The molecule has 0 fully saturated rings. The largest absolute Gasteiger partial charge is 0.399 e. The standard InChI is InChI=1S/C9H15NO2S/c1-13(2,12)9(11)7-4-3-5-8(10)6-7/h3-6,9,11,13H,10H2,1-2H3. The number of nitrogen functional groups attached to an aromatic ring is 1. The molecule has 0 bridgehead atoms. The second-order valence-electron chi connectivity index (χ2n) is 3.48. The van der Waals surface area contributed by atoms with E-state index in [0.717, 1.165) is 0 Å². The van der Waals surface area contributed by atoms with Gasteiger partial charge in [0.2, 0.25) is 0 Å². The molecule has 0 aromatic heterocycles. The number of rotatable bonds is 2. The molecule has 1 atom stereocenters. The molecule has 0 heterocycles. The molecule has 0 aliphatic rings. The van der Waals surface area contributed by atoms with E-state index < -0.39 is 15.4 Å². The molecule has 4 heteroatoms. The van der Waals surface area contributed by atoms with Crippen molar-refractivity contribution >= 4 is 15.6 Å². The van der Waals surface area contributed by atoms with E-state index in [-0.39, 0.29) is 0 Å². The highest BCUT2D eigenvalue weighted by Gasteiger charge is 2.16. The maximum Gasteiger partial charge on any atom is 0.132 e. The van der Waals surface area contributed by atoms with E-state index in [1.165, 1.54) is 0 Å².